The molecule has 0 amide bonds. The second kappa shape index (κ2) is 15.3. The number of alkyl halides is 3. The highest BCUT2D eigenvalue weighted by Crippen LogP contribution is 2.36. The summed E-state index contributed by atoms with van der Waals surface area (Å²) in [6.45, 7) is 6.71. The molecule has 0 aliphatic heterocycles. The lowest BCUT2D eigenvalue weighted by atomic mass is 9.92. The number of likely N-dealkylation sites (N-methyl/N-ethyl adjacent to an activating group) is 1. The number of sulfone groups is 1. The van der Waals surface area contributed by atoms with E-state index in [2.05, 4.69) is 20.9 Å². The number of carbonyl (C=O) groups excluding carboxylic acids is 1. The minimum atomic E-state index is -4.57. The second-order valence-corrected chi connectivity index (χ2v) is 12.0. The Hall–Kier alpha value is -2.50. The molecule has 0 aliphatic carbocycles. The number of halogens is 4. The number of carbonyl (C=O) groups is 1. The molecule has 216 valence electrons. The average Bonchev–Trinajstić information content (AvgIpc) is 2.83. The lowest BCUT2D eigenvalue weighted by Crippen LogP contribution is -2.24. The number of esters is 1. The molecule has 0 saturated carbocycles. The van der Waals surface area contributed by atoms with Crippen LogP contribution in [0.4, 0.5) is 13.2 Å². The fraction of sp³-hybridized carbons (Fsp3) is 0.429. The first-order valence-electron chi connectivity index (χ1n) is 12.2. The van der Waals surface area contributed by atoms with E-state index in [-0.39, 0.29) is 21.3 Å². The molecule has 0 spiro atoms. The third-order valence-corrected chi connectivity index (χ3v) is 7.31. The highest BCUT2D eigenvalue weighted by atomic mass is 79.9. The van der Waals surface area contributed by atoms with Crippen LogP contribution in [0.3, 0.4) is 0 Å². The predicted octanol–water partition coefficient (Wildman–Crippen LogP) is 6.65. The van der Waals surface area contributed by atoms with Crippen LogP contribution in [-0.2, 0) is 19.4 Å². The van der Waals surface area contributed by atoms with Crippen LogP contribution >= 0.6 is 15.9 Å². The molecule has 0 atom stereocenters. The van der Waals surface area contributed by atoms with Gasteiger partial charge in [-0.3, -0.25) is 9.79 Å². The minimum absolute atomic E-state index is 0.0886. The fourth-order valence-corrected chi connectivity index (χ4v) is 5.14. The second-order valence-electron chi connectivity index (χ2n) is 9.21. The number of allylic oxidation sites excluding steroid dienone is 2. The summed E-state index contributed by atoms with van der Waals surface area (Å²) in [6.07, 6.45) is -2.97. The molecule has 2 aromatic carbocycles. The van der Waals surface area contributed by atoms with Crippen LogP contribution in [0.1, 0.15) is 32.8 Å². The van der Waals surface area contributed by atoms with Crippen LogP contribution < -0.4 is 0 Å². The van der Waals surface area contributed by atoms with Crippen LogP contribution in [0.5, 0.6) is 0 Å². The molecule has 0 fully saturated rings. The molecule has 0 radical (unpaired) electrons. The van der Waals surface area contributed by atoms with Gasteiger partial charge in [0.2, 0.25) is 0 Å². The lowest BCUT2D eigenvalue weighted by molar-refractivity contribution is -0.143. The fourth-order valence-electron chi connectivity index (χ4n) is 3.38. The van der Waals surface area contributed by atoms with Crippen LogP contribution in [0, 0.1) is 5.92 Å². The molecule has 0 saturated heterocycles. The van der Waals surface area contributed by atoms with Gasteiger partial charge in [-0.2, -0.15) is 13.2 Å². The minimum Gasteiger partial charge on any atom is -0.464 e. The number of aliphatic imine (C=N–C) groups is 1. The van der Waals surface area contributed by atoms with Crippen molar-refractivity contribution in [2.75, 3.05) is 40.6 Å². The summed E-state index contributed by atoms with van der Waals surface area (Å²) in [6, 6.07) is 13.5. The summed E-state index contributed by atoms with van der Waals surface area (Å²) in [7, 11) is 1.66. The third kappa shape index (κ3) is 11.3. The van der Waals surface area contributed by atoms with Crippen molar-refractivity contribution >= 4 is 43.0 Å². The van der Waals surface area contributed by atoms with E-state index in [1.165, 1.54) is 6.07 Å². The lowest BCUT2D eigenvalue weighted by Gasteiger charge is -2.18. The first-order valence-corrected chi connectivity index (χ1v) is 14.9. The Bertz CT molecular complexity index is 1270. The van der Waals surface area contributed by atoms with Crippen molar-refractivity contribution < 1.29 is 31.1 Å². The predicted molar refractivity (Wildman–Crippen MR) is 155 cm³/mol. The quantitative estimate of drug-likeness (QED) is 0.228. The van der Waals surface area contributed by atoms with Crippen molar-refractivity contribution in [2.24, 2.45) is 10.9 Å². The monoisotopic (exact) mass is 632 g/mol. The Labute approximate surface area is 238 Å². The molecule has 0 aliphatic rings. The van der Waals surface area contributed by atoms with Crippen molar-refractivity contribution in [3.8, 4) is 11.1 Å². The van der Waals surface area contributed by atoms with Crippen molar-refractivity contribution in [1.82, 2.24) is 4.90 Å². The van der Waals surface area contributed by atoms with E-state index in [0.29, 0.717) is 29.7 Å². The molecule has 0 N–H and O–H groups in total. The number of nitrogens with zero attached hydrogens (tertiary/aromatic N) is 2. The Morgan fingerprint density at radius 3 is 2.10 bits per heavy atom. The van der Waals surface area contributed by atoms with Gasteiger partial charge in [0.25, 0.3) is 0 Å². The zero-order valence-electron chi connectivity index (χ0n) is 23.3. The smallest absolute Gasteiger partial charge is 0.434 e. The molecular formula is C28H36BrF3N2O4S. The maximum absolute atomic E-state index is 13.3. The molecule has 6 nitrogen and oxygen atoms in total. The zero-order chi connectivity index (χ0) is 30.0. The Morgan fingerprint density at radius 2 is 1.67 bits per heavy atom. The van der Waals surface area contributed by atoms with Gasteiger partial charge < -0.3 is 9.64 Å². The van der Waals surface area contributed by atoms with Crippen LogP contribution in [0.15, 0.2) is 62.9 Å². The molecule has 0 aromatic heterocycles. The molecule has 0 unspecified atom stereocenters. The van der Waals surface area contributed by atoms with Gasteiger partial charge in [-0.05, 0) is 70.3 Å². The highest BCUT2D eigenvalue weighted by Gasteiger charge is 2.38. The number of benzene rings is 2. The average molecular weight is 634 g/mol. The van der Waals surface area contributed by atoms with E-state index < -0.39 is 21.7 Å². The summed E-state index contributed by atoms with van der Waals surface area (Å²) in [4.78, 5) is 16.2. The zero-order valence-corrected chi connectivity index (χ0v) is 25.7. The summed E-state index contributed by atoms with van der Waals surface area (Å²) < 4.78 is 68.1. The van der Waals surface area contributed by atoms with Crippen LogP contribution in [0.2, 0.25) is 0 Å². The number of ether oxygens (including phenoxy) is 1. The maximum Gasteiger partial charge on any atom is 0.434 e. The van der Waals surface area contributed by atoms with Crippen LogP contribution in [-0.4, -0.2) is 71.7 Å². The molecule has 39 heavy (non-hydrogen) atoms. The number of hydrogen-bond donors (Lipinski definition) is 0. The van der Waals surface area contributed by atoms with E-state index in [0.717, 1.165) is 25.4 Å². The Kier molecular flexibility index (Phi) is 13.6. The van der Waals surface area contributed by atoms with E-state index in [1.807, 2.05) is 32.8 Å². The highest BCUT2D eigenvalue weighted by molar-refractivity contribution is 9.12. The van der Waals surface area contributed by atoms with Gasteiger partial charge in [0.05, 0.1) is 9.38 Å². The Balaban J connectivity index is 0.000000646. The van der Waals surface area contributed by atoms with E-state index in [4.69, 9.17) is 4.74 Å². The van der Waals surface area contributed by atoms with Crippen molar-refractivity contribution in [3.63, 3.8) is 0 Å². The molecule has 0 bridgehead atoms. The molecule has 0 heterocycles. The molecular weight excluding hydrogens is 597 g/mol. The normalized spacial score (nSPS) is 13.1. The van der Waals surface area contributed by atoms with Gasteiger partial charge in [0.15, 0.2) is 15.5 Å². The molecule has 2 aromatic rings. The summed E-state index contributed by atoms with van der Waals surface area (Å²) in [5, 5.41) is 0. The summed E-state index contributed by atoms with van der Waals surface area (Å²) in [5.41, 5.74) is 1.61. The molecule has 11 heteroatoms. The first-order chi connectivity index (χ1) is 18.0. The van der Waals surface area contributed by atoms with Gasteiger partial charge in [-0.1, -0.05) is 57.2 Å². The van der Waals surface area contributed by atoms with Crippen LogP contribution in [0.25, 0.3) is 16.7 Å². The molecule has 2 rings (SSSR count). The number of rotatable bonds is 9. The number of hydrogen-bond acceptors (Lipinski definition) is 6. The van der Waals surface area contributed by atoms with Crippen molar-refractivity contribution in [2.45, 2.75) is 38.3 Å². The van der Waals surface area contributed by atoms with Gasteiger partial charge in [0, 0.05) is 26.3 Å². The van der Waals surface area contributed by atoms with E-state index in [1.54, 1.807) is 49.4 Å². The van der Waals surface area contributed by atoms with Gasteiger partial charge in [-0.15, -0.1) is 0 Å². The summed E-state index contributed by atoms with van der Waals surface area (Å²) in [5.74, 6) is -0.315. The van der Waals surface area contributed by atoms with Gasteiger partial charge in [0.1, 0.15) is 6.61 Å². The largest absolute Gasteiger partial charge is 0.464 e. The third-order valence-electron chi connectivity index (χ3n) is 5.40. The van der Waals surface area contributed by atoms with E-state index >= 15 is 0 Å². The first kappa shape index (κ1) is 34.5. The van der Waals surface area contributed by atoms with Crippen molar-refractivity contribution in [1.29, 1.82) is 0 Å². The summed E-state index contributed by atoms with van der Waals surface area (Å²) >= 11 is 3.10. The van der Waals surface area contributed by atoms with Gasteiger partial charge in [-0.25, -0.2) is 8.42 Å². The maximum atomic E-state index is 13.3. The van der Waals surface area contributed by atoms with Gasteiger partial charge >= 0.3 is 12.1 Å². The topological polar surface area (TPSA) is 76.0 Å². The Morgan fingerprint density at radius 1 is 1.08 bits per heavy atom. The standard InChI is InChI=1S/C21H21BrF3NO2S.C7H15NO2/c1-13(2)18(19(22)20(26-3)21(23,24)25)15-10-8-14(9-11-15)16-6-5-7-17(12-16)29(4,27)28;1-4-7(9)10-6-5-8(2)3/h5-13H,1-4H3;4-6H2,1-3H3/b19-18-,26-20?;. The van der Waals surface area contributed by atoms with E-state index in [9.17, 15) is 26.4 Å². The SMILES string of the molecule is CCC(=O)OCCN(C)C.CN=C(/C(Br)=C(/c1ccc(-c2cccc(S(C)(=O)=O)c2)cc1)C(C)C)C(F)(F)F. The van der Waals surface area contributed by atoms with Crippen molar-refractivity contribution in [3.05, 3.63) is 58.6 Å².